The van der Waals surface area contributed by atoms with E-state index in [1.165, 1.54) is 24.0 Å². The molecular weight excluding hydrogens is 329 g/mol. The summed E-state index contributed by atoms with van der Waals surface area (Å²) in [6, 6.07) is 15.7. The van der Waals surface area contributed by atoms with E-state index >= 15 is 0 Å². The molecule has 1 nitrogen and oxygen atoms in total. The van der Waals surface area contributed by atoms with Crippen molar-refractivity contribution in [2.24, 2.45) is 5.92 Å². The van der Waals surface area contributed by atoms with Crippen LogP contribution in [0.25, 0.3) is 0 Å². The molecule has 0 aliphatic heterocycles. The normalized spacial score (nSPS) is 17.5. The van der Waals surface area contributed by atoms with E-state index in [4.69, 9.17) is 0 Å². The highest BCUT2D eigenvalue weighted by Crippen LogP contribution is 2.42. The van der Waals surface area contributed by atoms with Gasteiger partial charge in [0, 0.05) is 16.6 Å². The molecule has 1 aliphatic rings. The highest BCUT2D eigenvalue weighted by atomic mass is 79.9. The number of nitrogens with one attached hydrogen (secondary N) is 1. The summed E-state index contributed by atoms with van der Waals surface area (Å²) in [6.07, 6.45) is 2.50. The van der Waals surface area contributed by atoms with Crippen LogP contribution in [0.15, 0.2) is 53.0 Å². The lowest BCUT2D eigenvalue weighted by Gasteiger charge is -2.25. The maximum absolute atomic E-state index is 13.1. The van der Waals surface area contributed by atoms with Crippen molar-refractivity contribution in [1.29, 1.82) is 0 Å². The van der Waals surface area contributed by atoms with Crippen molar-refractivity contribution in [3.63, 3.8) is 0 Å². The minimum atomic E-state index is -0.174. The quantitative estimate of drug-likeness (QED) is 0.764. The van der Waals surface area contributed by atoms with Crippen LogP contribution in [0.1, 0.15) is 43.0 Å². The molecule has 2 aromatic carbocycles. The fraction of sp³-hybridized carbons (Fsp3) is 0.333. The highest BCUT2D eigenvalue weighted by Gasteiger charge is 2.33. The Morgan fingerprint density at radius 1 is 1.10 bits per heavy atom. The third-order valence-electron chi connectivity index (χ3n) is 4.12. The van der Waals surface area contributed by atoms with Gasteiger partial charge in [0.15, 0.2) is 0 Å². The third kappa shape index (κ3) is 3.53. The molecule has 1 unspecified atom stereocenters. The van der Waals surface area contributed by atoms with Gasteiger partial charge in [0.1, 0.15) is 5.82 Å². The molecule has 0 radical (unpaired) electrons. The molecule has 0 saturated heterocycles. The lowest BCUT2D eigenvalue weighted by Crippen LogP contribution is -2.26. The van der Waals surface area contributed by atoms with E-state index in [0.717, 1.165) is 4.47 Å². The maximum atomic E-state index is 13.1. The van der Waals surface area contributed by atoms with Gasteiger partial charge in [-0.05, 0) is 55.0 Å². The second-order valence-electron chi connectivity index (χ2n) is 5.78. The van der Waals surface area contributed by atoms with Gasteiger partial charge >= 0.3 is 0 Å². The smallest absolute Gasteiger partial charge is 0.123 e. The van der Waals surface area contributed by atoms with E-state index < -0.39 is 0 Å². The van der Waals surface area contributed by atoms with Gasteiger partial charge in [0.25, 0.3) is 0 Å². The first-order valence-corrected chi connectivity index (χ1v) is 8.20. The molecule has 21 heavy (non-hydrogen) atoms. The first-order valence-electron chi connectivity index (χ1n) is 7.41. The van der Waals surface area contributed by atoms with Crippen molar-refractivity contribution in [2.75, 3.05) is 0 Å². The summed E-state index contributed by atoms with van der Waals surface area (Å²) in [4.78, 5) is 0. The minimum absolute atomic E-state index is 0.174. The molecule has 1 aliphatic carbocycles. The fourth-order valence-corrected chi connectivity index (χ4v) is 3.42. The van der Waals surface area contributed by atoms with Crippen LogP contribution in [-0.2, 0) is 0 Å². The second kappa shape index (κ2) is 6.29. The Hall–Kier alpha value is -1.19. The topological polar surface area (TPSA) is 12.0 Å². The van der Waals surface area contributed by atoms with Gasteiger partial charge in [-0.1, -0.05) is 46.3 Å². The summed E-state index contributed by atoms with van der Waals surface area (Å²) >= 11 is 3.62. The van der Waals surface area contributed by atoms with Crippen molar-refractivity contribution in [3.05, 3.63) is 69.9 Å². The van der Waals surface area contributed by atoms with Crippen LogP contribution in [0.2, 0.25) is 0 Å². The number of hydrogen-bond acceptors (Lipinski definition) is 1. The lowest BCUT2D eigenvalue weighted by atomic mass is 9.99. The van der Waals surface area contributed by atoms with Crippen LogP contribution < -0.4 is 5.32 Å². The molecule has 0 spiro atoms. The van der Waals surface area contributed by atoms with Crippen LogP contribution in [0.3, 0.4) is 0 Å². The zero-order valence-electron chi connectivity index (χ0n) is 12.0. The molecular formula is C18H19BrFN. The largest absolute Gasteiger partial charge is 0.303 e. The fourth-order valence-electron chi connectivity index (χ4n) is 2.79. The Bertz CT molecular complexity index is 607. The van der Waals surface area contributed by atoms with Crippen molar-refractivity contribution in [1.82, 2.24) is 5.32 Å². The lowest BCUT2D eigenvalue weighted by molar-refractivity contribution is 0.426. The molecule has 0 bridgehead atoms. The highest BCUT2D eigenvalue weighted by molar-refractivity contribution is 9.10. The van der Waals surface area contributed by atoms with Gasteiger partial charge in [0.05, 0.1) is 0 Å². The van der Waals surface area contributed by atoms with Crippen molar-refractivity contribution < 1.29 is 4.39 Å². The van der Waals surface area contributed by atoms with E-state index in [1.54, 1.807) is 12.1 Å². The van der Waals surface area contributed by atoms with Crippen LogP contribution in [0, 0.1) is 11.7 Å². The summed E-state index contributed by atoms with van der Waals surface area (Å²) in [5, 5.41) is 3.72. The third-order valence-corrected chi connectivity index (χ3v) is 4.85. The molecule has 0 amide bonds. The zero-order valence-corrected chi connectivity index (χ0v) is 13.6. The van der Waals surface area contributed by atoms with E-state index in [0.29, 0.717) is 12.0 Å². The van der Waals surface area contributed by atoms with E-state index in [-0.39, 0.29) is 11.9 Å². The second-order valence-corrected chi connectivity index (χ2v) is 6.63. The van der Waals surface area contributed by atoms with Gasteiger partial charge in [0.2, 0.25) is 0 Å². The van der Waals surface area contributed by atoms with Crippen molar-refractivity contribution >= 4 is 15.9 Å². The molecule has 1 saturated carbocycles. The zero-order chi connectivity index (χ0) is 14.8. The Morgan fingerprint density at radius 2 is 1.76 bits per heavy atom. The van der Waals surface area contributed by atoms with Crippen molar-refractivity contribution in [2.45, 2.75) is 31.8 Å². The first-order chi connectivity index (χ1) is 10.1. The Balaban J connectivity index is 1.79. The monoisotopic (exact) mass is 347 g/mol. The minimum Gasteiger partial charge on any atom is -0.303 e. The molecule has 1 N–H and O–H groups in total. The predicted molar refractivity (Wildman–Crippen MR) is 87.6 cm³/mol. The van der Waals surface area contributed by atoms with Gasteiger partial charge < -0.3 is 5.32 Å². The number of benzene rings is 2. The molecule has 1 fully saturated rings. The van der Waals surface area contributed by atoms with Crippen LogP contribution in [0.4, 0.5) is 4.39 Å². The van der Waals surface area contributed by atoms with Crippen LogP contribution >= 0.6 is 15.9 Å². The molecule has 110 valence electrons. The van der Waals surface area contributed by atoms with Gasteiger partial charge in [-0.2, -0.15) is 0 Å². The molecule has 0 heterocycles. The van der Waals surface area contributed by atoms with E-state index in [2.05, 4.69) is 46.4 Å². The molecule has 2 atom stereocenters. The summed E-state index contributed by atoms with van der Waals surface area (Å²) in [6.45, 7) is 2.18. The average molecular weight is 348 g/mol. The summed E-state index contributed by atoms with van der Waals surface area (Å²) < 4.78 is 14.2. The molecule has 0 aromatic heterocycles. The Kier molecular flexibility index (Phi) is 4.41. The van der Waals surface area contributed by atoms with E-state index in [9.17, 15) is 4.39 Å². The van der Waals surface area contributed by atoms with Gasteiger partial charge in [-0.15, -0.1) is 0 Å². The molecule has 2 aromatic rings. The summed E-state index contributed by atoms with van der Waals surface area (Å²) in [7, 11) is 0. The first kappa shape index (κ1) is 14.7. The summed E-state index contributed by atoms with van der Waals surface area (Å²) in [5.41, 5.74) is 2.43. The number of rotatable bonds is 5. The molecule has 3 heteroatoms. The SMILES string of the molecule is C[C@H](NC(c1ccc(F)cc1)C1CC1)c1ccccc1Br. The van der Waals surface area contributed by atoms with Crippen LogP contribution in [-0.4, -0.2) is 0 Å². The Labute approximate surface area is 133 Å². The van der Waals surface area contributed by atoms with Crippen molar-refractivity contribution in [3.8, 4) is 0 Å². The average Bonchev–Trinajstić information content (AvgIpc) is 3.31. The standard InChI is InChI=1S/C18H19BrFN/c1-12(16-4-2-3-5-17(16)19)21-18(13-6-7-13)14-8-10-15(20)11-9-14/h2-5,8-13,18,21H,6-7H2,1H3/t12-,18?/m0/s1. The van der Waals surface area contributed by atoms with E-state index in [1.807, 2.05) is 18.2 Å². The summed E-state index contributed by atoms with van der Waals surface area (Å²) in [5.74, 6) is 0.493. The van der Waals surface area contributed by atoms with Gasteiger partial charge in [-0.3, -0.25) is 0 Å². The maximum Gasteiger partial charge on any atom is 0.123 e. The Morgan fingerprint density at radius 3 is 2.38 bits per heavy atom. The number of halogens is 2. The van der Waals surface area contributed by atoms with Gasteiger partial charge in [-0.25, -0.2) is 4.39 Å². The molecule has 3 rings (SSSR count). The number of hydrogen-bond donors (Lipinski definition) is 1. The predicted octanol–water partition coefficient (Wildman–Crippen LogP) is 5.39. The van der Waals surface area contributed by atoms with Crippen LogP contribution in [0.5, 0.6) is 0 Å².